The van der Waals surface area contributed by atoms with E-state index in [9.17, 15) is 9.18 Å². The molecule has 0 spiro atoms. The number of fused-ring (bicyclic) bond motifs is 2. The molecule has 5 aromatic rings. The van der Waals surface area contributed by atoms with Crippen molar-refractivity contribution in [2.45, 2.75) is 25.8 Å². The van der Waals surface area contributed by atoms with E-state index in [1.807, 2.05) is 24.3 Å². The molecule has 4 heterocycles. The number of amides is 1. The maximum absolute atomic E-state index is 13.1. The zero-order chi connectivity index (χ0) is 23.9. The molecule has 1 fully saturated rings. The fourth-order valence-electron chi connectivity index (χ4n) is 4.28. The molecule has 178 valence electrons. The minimum atomic E-state index is -0.224. The lowest BCUT2D eigenvalue weighted by Gasteiger charge is -2.32. The number of oxazole rings is 1. The quantitative estimate of drug-likeness (QED) is 0.291. The molecule has 0 aliphatic carbocycles. The number of nitrogens with zero attached hydrogens (tertiary/aromatic N) is 3. The zero-order valence-corrected chi connectivity index (χ0v) is 20.5. The molecule has 0 radical (unpaired) electrons. The molecule has 35 heavy (non-hydrogen) atoms. The monoisotopic (exact) mass is 507 g/mol. The van der Waals surface area contributed by atoms with E-state index in [2.05, 4.69) is 20.5 Å². The maximum Gasteiger partial charge on any atom is 0.265 e. The Labute approximate surface area is 208 Å². The molecule has 3 aromatic heterocycles. The molecule has 0 bridgehead atoms. The van der Waals surface area contributed by atoms with E-state index < -0.39 is 0 Å². The van der Waals surface area contributed by atoms with Gasteiger partial charge in [0.15, 0.2) is 16.6 Å². The van der Waals surface area contributed by atoms with Gasteiger partial charge >= 0.3 is 0 Å². The smallest absolute Gasteiger partial charge is 0.265 e. The molecule has 1 saturated heterocycles. The highest BCUT2D eigenvalue weighted by Crippen LogP contribution is 2.36. The summed E-state index contributed by atoms with van der Waals surface area (Å²) in [4.78, 5) is 25.7. The van der Waals surface area contributed by atoms with Gasteiger partial charge in [0.05, 0.1) is 9.58 Å². The summed E-state index contributed by atoms with van der Waals surface area (Å²) in [6, 6.07) is 14.2. The lowest BCUT2D eigenvalue weighted by molar-refractivity contribution is 0.103. The summed E-state index contributed by atoms with van der Waals surface area (Å²) >= 11 is 3.02. The molecule has 1 aliphatic rings. The van der Waals surface area contributed by atoms with Crippen LogP contribution in [0.1, 0.15) is 28.4 Å². The van der Waals surface area contributed by atoms with Gasteiger partial charge in [-0.3, -0.25) is 4.79 Å². The summed E-state index contributed by atoms with van der Waals surface area (Å²) in [5.74, 6) is 0.212. The second-order valence-corrected chi connectivity index (χ2v) is 10.6. The maximum atomic E-state index is 13.1. The van der Waals surface area contributed by atoms with Crippen LogP contribution in [0.25, 0.3) is 20.6 Å². The molecule has 7 nitrogen and oxygen atoms in total. The van der Waals surface area contributed by atoms with Gasteiger partial charge in [0, 0.05) is 37.4 Å². The van der Waals surface area contributed by atoms with E-state index >= 15 is 0 Å². The van der Waals surface area contributed by atoms with Crippen LogP contribution in [0, 0.1) is 12.7 Å². The Kier molecular flexibility index (Phi) is 5.62. The summed E-state index contributed by atoms with van der Waals surface area (Å²) in [6.07, 6.45) is 1.96. The lowest BCUT2D eigenvalue weighted by Crippen LogP contribution is -2.39. The fraction of sp³-hybridized carbons (Fsp3) is 0.240. The third-order valence-corrected chi connectivity index (χ3v) is 8.25. The Morgan fingerprint density at radius 1 is 1.06 bits per heavy atom. The van der Waals surface area contributed by atoms with Crippen LogP contribution in [-0.4, -0.2) is 35.0 Å². The van der Waals surface area contributed by atoms with Crippen molar-refractivity contribution < 1.29 is 13.6 Å². The van der Waals surface area contributed by atoms with Crippen molar-refractivity contribution in [1.29, 1.82) is 0 Å². The molecule has 0 saturated carbocycles. The average Bonchev–Trinajstić information content (AvgIpc) is 3.53. The Morgan fingerprint density at radius 2 is 1.83 bits per heavy atom. The number of halogens is 1. The van der Waals surface area contributed by atoms with Crippen molar-refractivity contribution in [3.63, 3.8) is 0 Å². The van der Waals surface area contributed by atoms with Crippen LogP contribution < -0.4 is 15.5 Å². The average molecular weight is 508 g/mol. The van der Waals surface area contributed by atoms with Crippen LogP contribution >= 0.6 is 22.7 Å². The van der Waals surface area contributed by atoms with Crippen molar-refractivity contribution >= 4 is 65.7 Å². The van der Waals surface area contributed by atoms with Crippen LogP contribution in [0.4, 0.5) is 20.9 Å². The predicted octanol–water partition coefficient (Wildman–Crippen LogP) is 6.28. The fourth-order valence-corrected chi connectivity index (χ4v) is 6.44. The molecule has 1 aliphatic heterocycles. The van der Waals surface area contributed by atoms with Gasteiger partial charge in [-0.2, -0.15) is 0 Å². The summed E-state index contributed by atoms with van der Waals surface area (Å²) in [5, 5.41) is 7.43. The van der Waals surface area contributed by atoms with Crippen LogP contribution in [0.3, 0.4) is 0 Å². The molecular formula is C25H22FN5O2S2. The first-order valence-corrected chi connectivity index (χ1v) is 13.0. The van der Waals surface area contributed by atoms with Crippen molar-refractivity contribution in [2.75, 3.05) is 28.6 Å². The number of nitrogens with one attached hydrogen (secondary N) is 2. The van der Waals surface area contributed by atoms with Crippen LogP contribution in [0.2, 0.25) is 0 Å². The number of carbonyl (C=O) groups is 1. The third-order valence-electron chi connectivity index (χ3n) is 6.03. The summed E-state index contributed by atoms with van der Waals surface area (Å²) in [5.41, 5.74) is 3.04. The number of carbonyl (C=O) groups excluding carboxylic acids is 1. The summed E-state index contributed by atoms with van der Waals surface area (Å²) < 4.78 is 19.6. The topological polar surface area (TPSA) is 83.3 Å². The number of aromatic nitrogens is 2. The highest BCUT2D eigenvalue weighted by Gasteiger charge is 2.23. The van der Waals surface area contributed by atoms with Gasteiger partial charge in [-0.05, 0) is 61.4 Å². The highest BCUT2D eigenvalue weighted by molar-refractivity contribution is 7.29. The Hall–Kier alpha value is -3.50. The van der Waals surface area contributed by atoms with E-state index in [0.29, 0.717) is 28.1 Å². The number of hydrogen-bond acceptors (Lipinski definition) is 8. The van der Waals surface area contributed by atoms with E-state index in [1.165, 1.54) is 23.5 Å². The van der Waals surface area contributed by atoms with Crippen molar-refractivity contribution in [3.8, 4) is 0 Å². The molecule has 2 aromatic carbocycles. The number of rotatable bonds is 5. The van der Waals surface area contributed by atoms with Crippen LogP contribution in [0.5, 0.6) is 0 Å². The second-order valence-electron chi connectivity index (χ2n) is 8.56. The number of benzene rings is 2. The van der Waals surface area contributed by atoms with Gasteiger partial charge in [-0.1, -0.05) is 11.3 Å². The van der Waals surface area contributed by atoms with Crippen molar-refractivity contribution in [2.24, 2.45) is 0 Å². The normalized spacial score (nSPS) is 14.6. The van der Waals surface area contributed by atoms with Gasteiger partial charge in [0.2, 0.25) is 0 Å². The predicted molar refractivity (Wildman–Crippen MR) is 139 cm³/mol. The van der Waals surface area contributed by atoms with E-state index in [4.69, 9.17) is 9.40 Å². The first-order chi connectivity index (χ1) is 17.0. The molecule has 1 amide bonds. The van der Waals surface area contributed by atoms with Crippen LogP contribution in [-0.2, 0) is 0 Å². The molecular weight excluding hydrogens is 485 g/mol. The Morgan fingerprint density at radius 3 is 2.60 bits per heavy atom. The molecule has 6 rings (SSSR count). The van der Waals surface area contributed by atoms with E-state index in [0.717, 1.165) is 51.8 Å². The molecule has 0 atom stereocenters. The first kappa shape index (κ1) is 22.0. The number of hydrogen-bond donors (Lipinski definition) is 2. The first-order valence-electron chi connectivity index (χ1n) is 11.4. The molecule has 2 N–H and O–H groups in total. The summed E-state index contributed by atoms with van der Waals surface area (Å²) in [7, 11) is 0. The minimum absolute atomic E-state index is 0.158. The van der Waals surface area contributed by atoms with Gasteiger partial charge in [-0.25, -0.2) is 14.4 Å². The van der Waals surface area contributed by atoms with Gasteiger partial charge < -0.3 is 20.0 Å². The van der Waals surface area contributed by atoms with E-state index in [1.54, 1.807) is 30.4 Å². The molecule has 10 heteroatoms. The lowest BCUT2D eigenvalue weighted by atomic mass is 10.1. The highest BCUT2D eigenvalue weighted by atomic mass is 32.1. The number of piperidine rings is 1. The number of aryl methyl sites for hydroxylation is 1. The summed E-state index contributed by atoms with van der Waals surface area (Å²) in [6.45, 7) is 3.60. The second kappa shape index (κ2) is 8.94. The van der Waals surface area contributed by atoms with E-state index in [-0.39, 0.29) is 11.7 Å². The number of thiazole rings is 1. The van der Waals surface area contributed by atoms with Crippen molar-refractivity contribution in [1.82, 2.24) is 9.97 Å². The Balaban J connectivity index is 1.09. The number of thiophene rings is 1. The molecule has 0 unspecified atom stereocenters. The van der Waals surface area contributed by atoms with Crippen molar-refractivity contribution in [3.05, 3.63) is 65.1 Å². The third kappa shape index (κ3) is 4.59. The standard InChI is InChI=1S/C25H22FN5O2S2/c1-14-27-19-12-18(6-7-20(19)33-14)29-23(32)21-13-22-24(34-21)30-25(35-22)31-10-8-17(9-11-31)28-16-4-2-15(26)3-5-16/h2-7,12-13,17,28H,8-11H2,1H3,(H,29,32). The van der Waals surface area contributed by atoms with Gasteiger partial charge in [-0.15, -0.1) is 11.3 Å². The van der Waals surface area contributed by atoms with Gasteiger partial charge in [0.25, 0.3) is 5.91 Å². The Bertz CT molecular complexity index is 1480. The number of anilines is 3. The largest absolute Gasteiger partial charge is 0.441 e. The SMILES string of the molecule is Cc1nc2cc(NC(=O)c3cc4sc(N5CCC(Nc6ccc(F)cc6)CC5)nc4s3)ccc2o1. The van der Waals surface area contributed by atoms with Gasteiger partial charge in [0.1, 0.15) is 16.2 Å². The van der Waals surface area contributed by atoms with Crippen LogP contribution in [0.15, 0.2) is 52.9 Å². The minimum Gasteiger partial charge on any atom is -0.441 e. The zero-order valence-electron chi connectivity index (χ0n) is 18.9.